The molecule has 2 nitrogen and oxygen atoms in total. The predicted molar refractivity (Wildman–Crippen MR) is 67.4 cm³/mol. The summed E-state index contributed by atoms with van der Waals surface area (Å²) in [4.78, 5) is 11.7. The Morgan fingerprint density at radius 1 is 1.19 bits per heavy atom. The number of carbonyl (C=O) groups is 1. The van der Waals surface area contributed by atoms with Crippen molar-refractivity contribution in [3.05, 3.63) is 34.9 Å². The lowest BCUT2D eigenvalue weighted by molar-refractivity contribution is -0.123. The molecule has 0 aromatic heterocycles. The van der Waals surface area contributed by atoms with Crippen LogP contribution in [0.4, 0.5) is 0 Å². The van der Waals surface area contributed by atoms with Gasteiger partial charge in [-0.25, -0.2) is 0 Å². The monoisotopic (exact) mass is 219 g/mol. The molecule has 2 heteroatoms. The topological polar surface area (TPSA) is 43.1 Å². The number of benzene rings is 1. The standard InChI is InChI=1S/C14H21NO/c1-5-14(6-2,13(15)16)12-8-7-10(3)11(4)9-12/h7-9H,5-6H2,1-4H3,(H2,15,16). The molecule has 0 fully saturated rings. The maximum atomic E-state index is 11.7. The minimum atomic E-state index is -0.502. The molecule has 0 bridgehead atoms. The lowest BCUT2D eigenvalue weighted by Crippen LogP contribution is -2.40. The predicted octanol–water partition coefficient (Wildman–Crippen LogP) is 2.85. The van der Waals surface area contributed by atoms with E-state index < -0.39 is 5.41 Å². The summed E-state index contributed by atoms with van der Waals surface area (Å²) in [7, 11) is 0. The lowest BCUT2D eigenvalue weighted by atomic mass is 9.74. The van der Waals surface area contributed by atoms with E-state index in [9.17, 15) is 4.79 Å². The first-order valence-electron chi connectivity index (χ1n) is 5.85. The molecule has 1 aromatic carbocycles. The van der Waals surface area contributed by atoms with Crippen molar-refractivity contribution in [2.45, 2.75) is 46.0 Å². The molecule has 0 spiro atoms. The minimum Gasteiger partial charge on any atom is -0.369 e. The molecular formula is C14H21NO. The van der Waals surface area contributed by atoms with Crippen molar-refractivity contribution in [1.29, 1.82) is 0 Å². The fraction of sp³-hybridized carbons (Fsp3) is 0.500. The van der Waals surface area contributed by atoms with Gasteiger partial charge >= 0.3 is 0 Å². The van der Waals surface area contributed by atoms with Crippen LogP contribution in [-0.4, -0.2) is 5.91 Å². The van der Waals surface area contributed by atoms with Crippen molar-refractivity contribution >= 4 is 5.91 Å². The third kappa shape index (κ3) is 1.97. The van der Waals surface area contributed by atoms with Gasteiger partial charge in [-0.15, -0.1) is 0 Å². The zero-order valence-corrected chi connectivity index (χ0v) is 10.6. The van der Waals surface area contributed by atoms with E-state index >= 15 is 0 Å². The summed E-state index contributed by atoms with van der Waals surface area (Å²) in [6, 6.07) is 6.18. The first-order valence-corrected chi connectivity index (χ1v) is 5.85. The molecule has 2 N–H and O–H groups in total. The van der Waals surface area contributed by atoms with Gasteiger partial charge in [-0.1, -0.05) is 32.0 Å². The van der Waals surface area contributed by atoms with Crippen LogP contribution in [0.15, 0.2) is 18.2 Å². The summed E-state index contributed by atoms with van der Waals surface area (Å²) in [6.07, 6.45) is 1.50. The molecule has 0 aliphatic heterocycles. The molecule has 1 rings (SSSR count). The largest absolute Gasteiger partial charge is 0.369 e. The van der Waals surface area contributed by atoms with Crippen LogP contribution in [0.25, 0.3) is 0 Å². The second-order valence-electron chi connectivity index (χ2n) is 4.45. The quantitative estimate of drug-likeness (QED) is 0.831. The second-order valence-corrected chi connectivity index (χ2v) is 4.45. The number of hydrogen-bond acceptors (Lipinski definition) is 1. The van der Waals surface area contributed by atoms with Gasteiger partial charge in [-0.3, -0.25) is 4.79 Å². The number of primary amides is 1. The molecule has 0 saturated carbocycles. The molecule has 0 unspecified atom stereocenters. The average molecular weight is 219 g/mol. The Morgan fingerprint density at radius 2 is 1.75 bits per heavy atom. The van der Waals surface area contributed by atoms with E-state index in [4.69, 9.17) is 5.73 Å². The van der Waals surface area contributed by atoms with Crippen LogP contribution >= 0.6 is 0 Å². The van der Waals surface area contributed by atoms with Crippen molar-refractivity contribution in [2.75, 3.05) is 0 Å². The Labute approximate surface area is 97.9 Å². The number of aryl methyl sites for hydroxylation is 2. The fourth-order valence-electron chi connectivity index (χ4n) is 2.19. The number of nitrogens with two attached hydrogens (primary N) is 1. The number of carbonyl (C=O) groups excluding carboxylic acids is 1. The Balaban J connectivity index is 3.31. The molecule has 0 saturated heterocycles. The molecule has 0 heterocycles. The molecular weight excluding hydrogens is 198 g/mol. The third-order valence-corrected chi connectivity index (χ3v) is 3.74. The highest BCUT2D eigenvalue weighted by molar-refractivity contribution is 5.86. The van der Waals surface area contributed by atoms with E-state index in [0.717, 1.165) is 18.4 Å². The normalized spacial score (nSPS) is 11.5. The summed E-state index contributed by atoms with van der Waals surface area (Å²) in [5.74, 6) is -0.222. The van der Waals surface area contributed by atoms with Gasteiger partial charge in [0.2, 0.25) is 5.91 Å². The maximum Gasteiger partial charge on any atom is 0.228 e. The maximum absolute atomic E-state index is 11.7. The fourth-order valence-corrected chi connectivity index (χ4v) is 2.19. The van der Waals surface area contributed by atoms with Crippen LogP contribution in [0.5, 0.6) is 0 Å². The summed E-state index contributed by atoms with van der Waals surface area (Å²) in [5, 5.41) is 0. The van der Waals surface area contributed by atoms with Crippen LogP contribution < -0.4 is 5.73 Å². The Hall–Kier alpha value is -1.31. The van der Waals surface area contributed by atoms with Crippen molar-refractivity contribution in [1.82, 2.24) is 0 Å². The third-order valence-electron chi connectivity index (χ3n) is 3.74. The molecule has 0 aliphatic carbocycles. The zero-order valence-electron chi connectivity index (χ0n) is 10.6. The van der Waals surface area contributed by atoms with Gasteiger partial charge < -0.3 is 5.73 Å². The van der Waals surface area contributed by atoms with E-state index in [1.54, 1.807) is 0 Å². The zero-order chi connectivity index (χ0) is 12.3. The molecule has 1 aromatic rings. The van der Waals surface area contributed by atoms with Crippen LogP contribution in [0.2, 0.25) is 0 Å². The molecule has 0 radical (unpaired) electrons. The van der Waals surface area contributed by atoms with E-state index in [0.29, 0.717) is 0 Å². The smallest absolute Gasteiger partial charge is 0.228 e. The van der Waals surface area contributed by atoms with E-state index in [2.05, 4.69) is 26.0 Å². The van der Waals surface area contributed by atoms with Crippen molar-refractivity contribution in [3.8, 4) is 0 Å². The van der Waals surface area contributed by atoms with Crippen molar-refractivity contribution < 1.29 is 4.79 Å². The molecule has 0 aliphatic rings. The van der Waals surface area contributed by atoms with Gasteiger partial charge in [0.15, 0.2) is 0 Å². The highest BCUT2D eigenvalue weighted by atomic mass is 16.1. The Kier molecular flexibility index (Phi) is 3.74. The van der Waals surface area contributed by atoms with Crippen molar-refractivity contribution in [2.24, 2.45) is 5.73 Å². The molecule has 16 heavy (non-hydrogen) atoms. The number of hydrogen-bond donors (Lipinski definition) is 1. The average Bonchev–Trinajstić information content (AvgIpc) is 2.25. The number of amides is 1. The molecule has 88 valence electrons. The van der Waals surface area contributed by atoms with E-state index in [-0.39, 0.29) is 5.91 Å². The van der Waals surface area contributed by atoms with Gasteiger partial charge in [0, 0.05) is 0 Å². The van der Waals surface area contributed by atoms with Crippen LogP contribution in [0.1, 0.15) is 43.4 Å². The summed E-state index contributed by atoms with van der Waals surface area (Å²) >= 11 is 0. The van der Waals surface area contributed by atoms with Gasteiger partial charge in [-0.2, -0.15) is 0 Å². The Bertz CT molecular complexity index is 392. The summed E-state index contributed by atoms with van der Waals surface area (Å²) in [5.41, 5.74) is 8.58. The SMILES string of the molecule is CCC(CC)(C(N)=O)c1ccc(C)c(C)c1. The van der Waals surface area contributed by atoms with Crippen LogP contribution in [-0.2, 0) is 10.2 Å². The summed E-state index contributed by atoms with van der Waals surface area (Å²) in [6.45, 7) is 8.17. The van der Waals surface area contributed by atoms with Gasteiger partial charge in [-0.05, 0) is 43.4 Å². The minimum absolute atomic E-state index is 0.222. The highest BCUT2D eigenvalue weighted by Gasteiger charge is 2.34. The summed E-state index contributed by atoms with van der Waals surface area (Å²) < 4.78 is 0. The van der Waals surface area contributed by atoms with E-state index in [1.807, 2.05) is 19.9 Å². The van der Waals surface area contributed by atoms with Crippen molar-refractivity contribution in [3.63, 3.8) is 0 Å². The van der Waals surface area contributed by atoms with Gasteiger partial charge in [0.25, 0.3) is 0 Å². The van der Waals surface area contributed by atoms with E-state index in [1.165, 1.54) is 11.1 Å². The first kappa shape index (κ1) is 12.8. The van der Waals surface area contributed by atoms with Gasteiger partial charge in [0.1, 0.15) is 0 Å². The molecule has 1 amide bonds. The lowest BCUT2D eigenvalue weighted by Gasteiger charge is -2.29. The van der Waals surface area contributed by atoms with Crippen LogP contribution in [0, 0.1) is 13.8 Å². The van der Waals surface area contributed by atoms with Crippen LogP contribution in [0.3, 0.4) is 0 Å². The highest BCUT2D eigenvalue weighted by Crippen LogP contribution is 2.32. The Morgan fingerprint density at radius 3 is 2.12 bits per heavy atom. The van der Waals surface area contributed by atoms with Gasteiger partial charge in [0.05, 0.1) is 5.41 Å². The molecule has 0 atom stereocenters. The number of rotatable bonds is 4. The first-order chi connectivity index (χ1) is 7.47. The second kappa shape index (κ2) is 4.69.